The molecule has 3 aromatic rings. The molecule has 33 heavy (non-hydrogen) atoms. The van der Waals surface area contributed by atoms with Gasteiger partial charge in [-0.2, -0.15) is 0 Å². The first kappa shape index (κ1) is 22.6. The first-order valence-corrected chi connectivity index (χ1v) is 11.3. The van der Waals surface area contributed by atoms with Crippen molar-refractivity contribution in [3.63, 3.8) is 0 Å². The van der Waals surface area contributed by atoms with E-state index in [9.17, 15) is 14.0 Å². The number of carbonyl (C=O) groups is 2. The Kier molecular flexibility index (Phi) is 6.82. The molecule has 0 bridgehead atoms. The fraction of sp³-hybridized carbons (Fsp3) is 0.296. The summed E-state index contributed by atoms with van der Waals surface area (Å²) < 4.78 is 13.2. The largest absolute Gasteiger partial charge is 0.345 e. The molecular formula is C27H28FN3O2. The molecule has 0 saturated carbocycles. The number of hydrogen-bond acceptors (Lipinski definition) is 3. The molecule has 0 unspecified atom stereocenters. The second kappa shape index (κ2) is 9.94. The van der Waals surface area contributed by atoms with Gasteiger partial charge in [-0.3, -0.25) is 14.6 Å². The zero-order valence-electron chi connectivity index (χ0n) is 18.9. The number of amides is 2. The Morgan fingerprint density at radius 1 is 1.00 bits per heavy atom. The highest BCUT2D eigenvalue weighted by Gasteiger charge is 2.28. The minimum atomic E-state index is -0.358. The van der Waals surface area contributed by atoms with Crippen LogP contribution in [0, 0.1) is 12.7 Å². The van der Waals surface area contributed by atoms with Crippen molar-refractivity contribution in [2.75, 3.05) is 13.1 Å². The molecular weight excluding hydrogens is 417 g/mol. The van der Waals surface area contributed by atoms with Crippen LogP contribution in [0.25, 0.3) is 0 Å². The molecule has 5 nitrogen and oxygen atoms in total. The third-order valence-electron chi connectivity index (χ3n) is 6.22. The second-order valence-electron chi connectivity index (χ2n) is 8.56. The van der Waals surface area contributed by atoms with Gasteiger partial charge in [0.25, 0.3) is 11.8 Å². The monoisotopic (exact) mass is 445 g/mol. The summed E-state index contributed by atoms with van der Waals surface area (Å²) in [6.07, 6.45) is 1.44. The lowest BCUT2D eigenvalue weighted by Gasteiger charge is -2.32. The summed E-state index contributed by atoms with van der Waals surface area (Å²) in [6.45, 7) is 5.02. The van der Waals surface area contributed by atoms with Crippen molar-refractivity contribution in [1.82, 2.24) is 15.2 Å². The van der Waals surface area contributed by atoms with E-state index in [-0.39, 0.29) is 29.6 Å². The SMILES string of the molecule is Cc1ccc(C(=O)N[C@H](C)c2ccccc2)c(C2CCN(C(=O)c3ccc(F)cc3)CC2)n1. The van der Waals surface area contributed by atoms with Crippen LogP contribution >= 0.6 is 0 Å². The van der Waals surface area contributed by atoms with Crippen molar-refractivity contribution in [1.29, 1.82) is 0 Å². The van der Waals surface area contributed by atoms with Crippen LogP contribution in [0.4, 0.5) is 4.39 Å². The summed E-state index contributed by atoms with van der Waals surface area (Å²) in [4.78, 5) is 32.4. The lowest BCUT2D eigenvalue weighted by atomic mass is 9.89. The molecule has 0 spiro atoms. The third-order valence-corrected chi connectivity index (χ3v) is 6.22. The maximum atomic E-state index is 13.2. The molecule has 4 rings (SSSR count). The van der Waals surface area contributed by atoms with Crippen molar-refractivity contribution in [2.24, 2.45) is 0 Å². The van der Waals surface area contributed by atoms with Gasteiger partial charge in [0.15, 0.2) is 0 Å². The van der Waals surface area contributed by atoms with E-state index < -0.39 is 0 Å². The average molecular weight is 446 g/mol. The van der Waals surface area contributed by atoms with Crippen LogP contribution in [-0.2, 0) is 0 Å². The second-order valence-corrected chi connectivity index (χ2v) is 8.56. The number of aryl methyl sites for hydroxylation is 1. The van der Waals surface area contributed by atoms with E-state index in [1.54, 1.807) is 4.90 Å². The lowest BCUT2D eigenvalue weighted by molar-refractivity contribution is 0.0710. The number of carbonyl (C=O) groups excluding carboxylic acids is 2. The van der Waals surface area contributed by atoms with E-state index in [0.29, 0.717) is 24.2 Å². The Morgan fingerprint density at radius 2 is 1.67 bits per heavy atom. The Morgan fingerprint density at radius 3 is 2.33 bits per heavy atom. The summed E-state index contributed by atoms with van der Waals surface area (Å²) >= 11 is 0. The number of nitrogens with zero attached hydrogens (tertiary/aromatic N) is 2. The number of aromatic nitrogens is 1. The lowest BCUT2D eigenvalue weighted by Crippen LogP contribution is -2.38. The van der Waals surface area contributed by atoms with Gasteiger partial charge in [0.05, 0.1) is 17.3 Å². The number of benzene rings is 2. The quantitative estimate of drug-likeness (QED) is 0.599. The number of halogens is 1. The number of pyridine rings is 1. The van der Waals surface area contributed by atoms with Crippen molar-refractivity contribution in [2.45, 2.75) is 38.6 Å². The van der Waals surface area contributed by atoms with Gasteiger partial charge in [-0.05, 0) is 68.7 Å². The van der Waals surface area contributed by atoms with Crippen LogP contribution in [0.15, 0.2) is 66.7 Å². The van der Waals surface area contributed by atoms with Crippen molar-refractivity contribution in [3.05, 3.63) is 101 Å². The van der Waals surface area contributed by atoms with Gasteiger partial charge < -0.3 is 10.2 Å². The molecule has 1 N–H and O–H groups in total. The number of nitrogens with one attached hydrogen (secondary N) is 1. The van der Waals surface area contributed by atoms with Crippen LogP contribution in [0.2, 0.25) is 0 Å². The smallest absolute Gasteiger partial charge is 0.253 e. The molecule has 1 saturated heterocycles. The predicted octanol–water partition coefficient (Wildman–Crippen LogP) is 5.04. The van der Waals surface area contributed by atoms with Gasteiger partial charge in [-0.1, -0.05) is 30.3 Å². The number of rotatable bonds is 5. The molecule has 1 fully saturated rings. The molecule has 0 radical (unpaired) electrons. The number of piperidine rings is 1. The Balaban J connectivity index is 1.46. The Hall–Kier alpha value is -3.54. The Labute approximate surface area is 193 Å². The van der Waals surface area contributed by atoms with Gasteiger partial charge in [0.2, 0.25) is 0 Å². The van der Waals surface area contributed by atoms with Crippen LogP contribution in [-0.4, -0.2) is 34.8 Å². The molecule has 0 aliphatic carbocycles. The molecule has 1 atom stereocenters. The summed E-state index contributed by atoms with van der Waals surface area (Å²) in [5.74, 6) is -0.503. The van der Waals surface area contributed by atoms with Gasteiger partial charge in [-0.15, -0.1) is 0 Å². The maximum absolute atomic E-state index is 13.2. The van der Waals surface area contributed by atoms with Crippen LogP contribution in [0.5, 0.6) is 0 Å². The molecule has 1 aliphatic heterocycles. The fourth-order valence-electron chi connectivity index (χ4n) is 4.31. The van der Waals surface area contributed by atoms with Crippen LogP contribution < -0.4 is 5.32 Å². The summed E-state index contributed by atoms with van der Waals surface area (Å²) in [7, 11) is 0. The van der Waals surface area contributed by atoms with E-state index in [1.807, 2.05) is 56.3 Å². The number of hydrogen-bond donors (Lipinski definition) is 1. The Bertz CT molecular complexity index is 1120. The summed E-state index contributed by atoms with van der Waals surface area (Å²) in [6, 6.07) is 19.1. The third kappa shape index (κ3) is 5.28. The van der Waals surface area contributed by atoms with E-state index in [4.69, 9.17) is 4.98 Å². The molecule has 2 heterocycles. The molecule has 170 valence electrons. The van der Waals surface area contributed by atoms with Crippen molar-refractivity contribution < 1.29 is 14.0 Å². The predicted molar refractivity (Wildman–Crippen MR) is 126 cm³/mol. The normalized spacial score (nSPS) is 15.2. The van der Waals surface area contributed by atoms with Crippen LogP contribution in [0.3, 0.4) is 0 Å². The van der Waals surface area contributed by atoms with Crippen molar-refractivity contribution >= 4 is 11.8 Å². The highest BCUT2D eigenvalue weighted by Crippen LogP contribution is 2.30. The van der Waals surface area contributed by atoms with Gasteiger partial charge in [0, 0.05) is 30.3 Å². The van der Waals surface area contributed by atoms with Gasteiger partial charge in [0.1, 0.15) is 5.82 Å². The summed E-state index contributed by atoms with van der Waals surface area (Å²) in [5.41, 5.74) is 3.77. The molecule has 1 aromatic heterocycles. The fourth-order valence-corrected chi connectivity index (χ4v) is 4.31. The molecule has 1 aliphatic rings. The van der Waals surface area contributed by atoms with Crippen LogP contribution in [0.1, 0.15) is 69.4 Å². The van der Waals surface area contributed by atoms with E-state index in [0.717, 1.165) is 29.8 Å². The first-order chi connectivity index (χ1) is 15.9. The average Bonchev–Trinajstić information content (AvgIpc) is 2.84. The standard InChI is InChI=1S/C27H28FN3O2/c1-18-8-13-24(26(32)30-19(2)20-6-4-3-5-7-20)25(29-18)21-14-16-31(17-15-21)27(33)22-9-11-23(28)12-10-22/h3-13,19,21H,14-17H2,1-2H3,(H,30,32)/t19-/m1/s1. The zero-order chi connectivity index (χ0) is 23.4. The highest BCUT2D eigenvalue weighted by atomic mass is 19.1. The summed E-state index contributed by atoms with van der Waals surface area (Å²) in [5, 5.41) is 3.09. The van der Waals surface area contributed by atoms with Gasteiger partial charge in [-0.25, -0.2) is 4.39 Å². The highest BCUT2D eigenvalue weighted by molar-refractivity contribution is 5.96. The molecule has 2 aromatic carbocycles. The minimum Gasteiger partial charge on any atom is -0.345 e. The first-order valence-electron chi connectivity index (χ1n) is 11.3. The zero-order valence-corrected chi connectivity index (χ0v) is 18.9. The minimum absolute atomic E-state index is 0.0925. The van der Waals surface area contributed by atoms with E-state index >= 15 is 0 Å². The molecule has 2 amide bonds. The van der Waals surface area contributed by atoms with E-state index in [2.05, 4.69) is 5.32 Å². The topological polar surface area (TPSA) is 62.3 Å². The molecule has 6 heteroatoms. The number of likely N-dealkylation sites (tertiary alicyclic amines) is 1. The maximum Gasteiger partial charge on any atom is 0.253 e. The van der Waals surface area contributed by atoms with Gasteiger partial charge >= 0.3 is 0 Å². The van der Waals surface area contributed by atoms with E-state index in [1.165, 1.54) is 24.3 Å². The van der Waals surface area contributed by atoms with Crippen molar-refractivity contribution in [3.8, 4) is 0 Å².